The molecule has 0 aromatic heterocycles. The molecule has 0 aliphatic carbocycles. The van der Waals surface area contributed by atoms with Crippen molar-refractivity contribution in [1.82, 2.24) is 0 Å². The smallest absolute Gasteiger partial charge is 0.367 e. The van der Waals surface area contributed by atoms with E-state index in [-0.39, 0.29) is 0 Å². The maximum atomic E-state index is 12.6. The summed E-state index contributed by atoms with van der Waals surface area (Å²) in [5.41, 5.74) is -1.14. The first-order valence-corrected chi connectivity index (χ1v) is 8.23. The van der Waals surface area contributed by atoms with E-state index >= 15 is 0 Å². The van der Waals surface area contributed by atoms with Gasteiger partial charge in [-0.25, -0.2) is 0 Å². The minimum Gasteiger partial charge on any atom is -0.367 e. The third kappa shape index (κ3) is 2.46. The van der Waals surface area contributed by atoms with Gasteiger partial charge in [-0.1, -0.05) is 20.8 Å². The predicted octanol–water partition coefficient (Wildman–Crippen LogP) is 2.65. The molecule has 0 aliphatic heterocycles. The summed E-state index contributed by atoms with van der Waals surface area (Å²) in [6.45, 7) is 4.59. The summed E-state index contributed by atoms with van der Waals surface area (Å²) >= 11 is 0. The molecule has 0 spiro atoms. The number of rotatable bonds is 6. The van der Waals surface area contributed by atoms with Gasteiger partial charge in [-0.05, 0) is 0 Å². The van der Waals surface area contributed by atoms with E-state index in [0.29, 0.717) is 0 Å². The summed E-state index contributed by atoms with van der Waals surface area (Å²) in [7, 11) is -3.90. The highest BCUT2D eigenvalue weighted by Gasteiger charge is 2.69. The Morgan fingerprint density at radius 2 is 1.00 bits per heavy atom. The Labute approximate surface area is 108 Å². The van der Waals surface area contributed by atoms with Gasteiger partial charge >= 0.3 is 15.2 Å². The first-order chi connectivity index (χ1) is 7.99. The summed E-state index contributed by atoms with van der Waals surface area (Å²) in [4.78, 5) is 0. The van der Waals surface area contributed by atoms with E-state index in [4.69, 9.17) is 18.1 Å². The Morgan fingerprint density at radius 1 is 0.778 bits per heavy atom. The van der Waals surface area contributed by atoms with Gasteiger partial charge < -0.3 is 23.2 Å². The highest BCUT2D eigenvalue weighted by molar-refractivity contribution is 7.73. The molecule has 0 fully saturated rings. The standard InChI is InChI=1S/C9H22O7P2/c1-8(2,3)9(10,17(11,13-4)14-5)18(12,15-6)16-7/h10H,1-7H3. The fraction of sp³-hybridized carbons (Fsp3) is 1.00. The second-order valence-electron chi connectivity index (χ2n) is 4.61. The molecule has 0 aromatic carbocycles. The van der Waals surface area contributed by atoms with Gasteiger partial charge in [0.25, 0.3) is 5.08 Å². The zero-order chi connectivity index (χ0) is 14.8. The number of hydrogen-bond acceptors (Lipinski definition) is 7. The van der Waals surface area contributed by atoms with E-state index in [2.05, 4.69) is 0 Å². The van der Waals surface area contributed by atoms with Crippen molar-refractivity contribution < 1.29 is 32.3 Å². The van der Waals surface area contributed by atoms with Crippen LogP contribution in [0, 0.1) is 5.41 Å². The molecule has 0 heterocycles. The van der Waals surface area contributed by atoms with Gasteiger partial charge in [0.05, 0.1) is 0 Å². The van der Waals surface area contributed by atoms with Crippen LogP contribution in [0.5, 0.6) is 0 Å². The highest BCUT2D eigenvalue weighted by atomic mass is 31.2. The Bertz CT molecular complexity index is 332. The molecule has 0 aromatic rings. The van der Waals surface area contributed by atoms with Crippen LogP contribution in [0.4, 0.5) is 0 Å². The third-order valence-electron chi connectivity index (χ3n) is 2.73. The maximum Gasteiger partial charge on any atom is 0.374 e. The molecule has 0 bridgehead atoms. The van der Waals surface area contributed by atoms with E-state index in [1.165, 1.54) is 20.8 Å². The minimum atomic E-state index is -4.14. The fourth-order valence-corrected chi connectivity index (χ4v) is 6.77. The molecule has 7 nitrogen and oxygen atoms in total. The Morgan fingerprint density at radius 3 is 1.11 bits per heavy atom. The molecule has 0 rings (SSSR count). The topological polar surface area (TPSA) is 91.3 Å². The summed E-state index contributed by atoms with van der Waals surface area (Å²) in [5, 5.41) is 8.33. The van der Waals surface area contributed by atoms with Crippen LogP contribution in [0.15, 0.2) is 0 Å². The summed E-state index contributed by atoms with van der Waals surface area (Å²) in [5.74, 6) is 0. The molecule has 0 atom stereocenters. The maximum absolute atomic E-state index is 12.6. The molecular formula is C9H22O7P2. The van der Waals surface area contributed by atoms with E-state index in [0.717, 1.165) is 28.4 Å². The third-order valence-corrected chi connectivity index (χ3v) is 8.99. The first-order valence-electron chi connectivity index (χ1n) is 5.15. The lowest BCUT2D eigenvalue weighted by Crippen LogP contribution is -2.43. The van der Waals surface area contributed by atoms with Gasteiger partial charge in [-0.15, -0.1) is 0 Å². The van der Waals surface area contributed by atoms with Crippen molar-refractivity contribution in [1.29, 1.82) is 0 Å². The molecule has 18 heavy (non-hydrogen) atoms. The fourth-order valence-electron chi connectivity index (χ4n) is 1.63. The van der Waals surface area contributed by atoms with Crippen LogP contribution >= 0.6 is 15.2 Å². The van der Waals surface area contributed by atoms with E-state index in [9.17, 15) is 14.2 Å². The lowest BCUT2D eigenvalue weighted by molar-refractivity contribution is 0.0270. The quantitative estimate of drug-likeness (QED) is 0.754. The van der Waals surface area contributed by atoms with Crippen molar-refractivity contribution >= 4 is 15.2 Å². The Balaban J connectivity index is 6.25. The molecule has 0 saturated heterocycles. The van der Waals surface area contributed by atoms with Crippen molar-refractivity contribution in [3.05, 3.63) is 0 Å². The van der Waals surface area contributed by atoms with Crippen LogP contribution in [-0.2, 0) is 27.2 Å². The van der Waals surface area contributed by atoms with Crippen LogP contribution in [0.2, 0.25) is 0 Å². The lowest BCUT2D eigenvalue weighted by Gasteiger charge is -2.44. The van der Waals surface area contributed by atoms with Crippen molar-refractivity contribution in [2.24, 2.45) is 5.41 Å². The largest absolute Gasteiger partial charge is 0.374 e. The Hall–Kier alpha value is 0.260. The second kappa shape index (κ2) is 5.71. The first kappa shape index (κ1) is 18.3. The van der Waals surface area contributed by atoms with Gasteiger partial charge in [0, 0.05) is 33.9 Å². The van der Waals surface area contributed by atoms with Crippen molar-refractivity contribution in [3.8, 4) is 0 Å². The Kier molecular flexibility index (Phi) is 5.80. The van der Waals surface area contributed by atoms with Gasteiger partial charge in [-0.3, -0.25) is 9.13 Å². The van der Waals surface area contributed by atoms with Crippen LogP contribution in [0.3, 0.4) is 0 Å². The molecule has 0 amide bonds. The molecule has 0 radical (unpaired) electrons. The molecule has 1 N–H and O–H groups in total. The van der Waals surface area contributed by atoms with Crippen molar-refractivity contribution in [2.45, 2.75) is 25.9 Å². The summed E-state index contributed by atoms with van der Waals surface area (Å²) in [6, 6.07) is 0. The zero-order valence-electron chi connectivity index (χ0n) is 11.8. The SMILES string of the molecule is COP(=O)(OC)C(O)(C(C)(C)C)P(=O)(OC)OC. The zero-order valence-corrected chi connectivity index (χ0v) is 13.6. The van der Waals surface area contributed by atoms with Gasteiger partial charge in [-0.2, -0.15) is 0 Å². The average molecular weight is 304 g/mol. The lowest BCUT2D eigenvalue weighted by atomic mass is 9.98. The molecule has 0 saturated carbocycles. The molecule has 110 valence electrons. The number of hydrogen-bond donors (Lipinski definition) is 1. The molecule has 9 heteroatoms. The van der Waals surface area contributed by atoms with E-state index in [1.54, 1.807) is 0 Å². The van der Waals surface area contributed by atoms with Crippen LogP contribution in [0.25, 0.3) is 0 Å². The van der Waals surface area contributed by atoms with Gasteiger partial charge in [0.15, 0.2) is 0 Å². The second-order valence-corrected chi connectivity index (χ2v) is 9.71. The number of aliphatic hydroxyl groups is 1. The van der Waals surface area contributed by atoms with Gasteiger partial charge in [0.1, 0.15) is 0 Å². The molecular weight excluding hydrogens is 282 g/mol. The van der Waals surface area contributed by atoms with E-state index < -0.39 is 25.7 Å². The average Bonchev–Trinajstić information content (AvgIpc) is 2.34. The summed E-state index contributed by atoms with van der Waals surface area (Å²) in [6.07, 6.45) is 0. The molecule has 0 unspecified atom stereocenters. The normalized spacial score (nSPS) is 14.9. The summed E-state index contributed by atoms with van der Waals surface area (Å²) < 4.78 is 44.2. The minimum absolute atomic E-state index is 1.09. The van der Waals surface area contributed by atoms with Gasteiger partial charge in [0.2, 0.25) is 0 Å². The molecule has 0 aliphatic rings. The predicted molar refractivity (Wildman–Crippen MR) is 67.7 cm³/mol. The highest BCUT2D eigenvalue weighted by Crippen LogP contribution is 2.80. The van der Waals surface area contributed by atoms with Crippen molar-refractivity contribution in [3.63, 3.8) is 0 Å². The van der Waals surface area contributed by atoms with Crippen LogP contribution < -0.4 is 0 Å². The van der Waals surface area contributed by atoms with Crippen LogP contribution in [0.1, 0.15) is 20.8 Å². The van der Waals surface area contributed by atoms with E-state index in [1.807, 2.05) is 0 Å². The van der Waals surface area contributed by atoms with Crippen molar-refractivity contribution in [2.75, 3.05) is 28.4 Å². The van der Waals surface area contributed by atoms with Crippen LogP contribution in [-0.4, -0.2) is 38.6 Å². The monoisotopic (exact) mass is 304 g/mol.